The highest BCUT2D eigenvalue weighted by atomic mass is 32.2. The van der Waals surface area contributed by atoms with Gasteiger partial charge in [-0.1, -0.05) is 31.5 Å². The quantitative estimate of drug-likeness (QED) is 0.295. The average molecular weight is 409 g/mol. The maximum atomic E-state index is 10.7. The Morgan fingerprint density at radius 1 is 1.19 bits per heavy atom. The summed E-state index contributed by atoms with van der Waals surface area (Å²) in [7, 11) is -4.36. The number of hydrogen-bond acceptors (Lipinski definition) is 4. The van der Waals surface area contributed by atoms with Gasteiger partial charge in [0.2, 0.25) is 0 Å². The van der Waals surface area contributed by atoms with Gasteiger partial charge in [0.15, 0.2) is 16.3 Å². The Bertz CT molecular complexity index is 735. The minimum absolute atomic E-state index is 0.954. The van der Waals surface area contributed by atoms with Crippen LogP contribution in [0.15, 0.2) is 30.3 Å². The minimum atomic E-state index is -6.09. The number of alkyl halides is 3. The predicted octanol–water partition coefficient (Wildman–Crippen LogP) is 4.05. The van der Waals surface area contributed by atoms with Crippen molar-refractivity contribution in [1.82, 2.24) is 0 Å². The molecular weight excluding hydrogens is 383 g/mol. The number of rotatable bonds is 7. The summed E-state index contributed by atoms with van der Waals surface area (Å²) in [5, 5.41) is 0. The van der Waals surface area contributed by atoms with Crippen molar-refractivity contribution in [2.45, 2.75) is 39.1 Å². The number of nitrogens with zero attached hydrogens (tertiary/aromatic N) is 1. The number of ether oxygens (including phenoxy) is 1. The van der Waals surface area contributed by atoms with Crippen LogP contribution in [0, 0.1) is 0 Å². The molecule has 0 saturated carbocycles. The summed E-state index contributed by atoms with van der Waals surface area (Å²) >= 11 is 0. The monoisotopic (exact) mass is 409 g/mol. The highest BCUT2D eigenvalue weighted by molar-refractivity contribution is 7.86. The summed E-state index contributed by atoms with van der Waals surface area (Å²) in [6.07, 6.45) is 6.62. The van der Waals surface area contributed by atoms with Crippen molar-refractivity contribution >= 4 is 21.9 Å². The number of para-hydroxylation sites is 1. The summed E-state index contributed by atoms with van der Waals surface area (Å²) in [6, 6.07) is 8.24. The molecular formula is C18H26F3NO4S. The van der Waals surface area contributed by atoms with Gasteiger partial charge in [-0.15, -0.1) is 0 Å². The molecule has 0 spiro atoms. The Morgan fingerprint density at radius 2 is 1.70 bits per heavy atom. The lowest BCUT2D eigenvalue weighted by atomic mass is 10.0. The van der Waals surface area contributed by atoms with E-state index in [1.54, 1.807) is 7.11 Å². The van der Waals surface area contributed by atoms with Crippen LogP contribution in [0.2, 0.25) is 0 Å². The van der Waals surface area contributed by atoms with Gasteiger partial charge in [0.05, 0.1) is 7.11 Å². The fourth-order valence-electron chi connectivity index (χ4n) is 2.12. The third-order valence-corrected chi connectivity index (χ3v) is 4.12. The zero-order chi connectivity index (χ0) is 21.1. The number of halogens is 3. The molecule has 0 saturated heterocycles. The number of methoxy groups -OCH3 is 1. The molecule has 27 heavy (non-hydrogen) atoms. The number of allylic oxidation sites excluding steroid dienone is 2. The maximum absolute atomic E-state index is 10.7. The number of hydrogen-bond donors (Lipinski definition) is 0. The molecule has 0 atom stereocenters. The van der Waals surface area contributed by atoms with Crippen molar-refractivity contribution in [2.75, 3.05) is 20.2 Å². The molecule has 1 aromatic rings. The van der Waals surface area contributed by atoms with Gasteiger partial charge in [0.1, 0.15) is 18.8 Å². The van der Waals surface area contributed by atoms with Crippen LogP contribution in [0.1, 0.15) is 39.2 Å². The Morgan fingerprint density at radius 3 is 2.11 bits per heavy atom. The first-order valence-electron chi connectivity index (χ1n) is 8.45. The molecule has 1 rings (SSSR count). The van der Waals surface area contributed by atoms with Gasteiger partial charge in [-0.2, -0.15) is 13.2 Å². The van der Waals surface area contributed by atoms with Crippen LogP contribution >= 0.6 is 0 Å². The fourth-order valence-corrected chi connectivity index (χ4v) is 2.12. The van der Waals surface area contributed by atoms with Crippen LogP contribution in [0.3, 0.4) is 0 Å². The Hall–Kier alpha value is -1.87. The van der Waals surface area contributed by atoms with Crippen molar-refractivity contribution in [3.8, 4) is 5.75 Å². The first-order valence-corrected chi connectivity index (χ1v) is 9.86. The van der Waals surface area contributed by atoms with Crippen LogP contribution in [0.5, 0.6) is 5.75 Å². The van der Waals surface area contributed by atoms with Crippen LogP contribution < -0.4 is 4.74 Å². The largest absolute Gasteiger partial charge is 0.741 e. The summed E-state index contributed by atoms with van der Waals surface area (Å²) < 4.78 is 66.7. The van der Waals surface area contributed by atoms with E-state index in [-0.39, 0.29) is 0 Å². The van der Waals surface area contributed by atoms with E-state index in [0.29, 0.717) is 0 Å². The van der Waals surface area contributed by atoms with Crippen LogP contribution in [-0.2, 0) is 10.1 Å². The second-order valence-electron chi connectivity index (χ2n) is 5.41. The molecule has 0 fully saturated rings. The molecule has 0 bridgehead atoms. The third kappa shape index (κ3) is 9.05. The Labute approximate surface area is 158 Å². The molecule has 0 aliphatic rings. The van der Waals surface area contributed by atoms with E-state index in [4.69, 9.17) is 17.7 Å². The summed E-state index contributed by atoms with van der Waals surface area (Å²) in [6.45, 7) is 8.64. The lowest BCUT2D eigenvalue weighted by molar-refractivity contribution is -0.515. The molecule has 9 heteroatoms. The zero-order valence-electron chi connectivity index (χ0n) is 15.9. The first kappa shape index (κ1) is 25.1. The summed E-state index contributed by atoms with van der Waals surface area (Å²) in [4.78, 5) is 0. The van der Waals surface area contributed by atoms with E-state index in [0.717, 1.165) is 31.7 Å². The van der Waals surface area contributed by atoms with E-state index in [2.05, 4.69) is 49.8 Å². The maximum Gasteiger partial charge on any atom is 0.485 e. The summed E-state index contributed by atoms with van der Waals surface area (Å²) in [5.41, 5.74) is -3.10. The minimum Gasteiger partial charge on any atom is -0.741 e. The lowest BCUT2D eigenvalue weighted by Gasteiger charge is -2.10. The average Bonchev–Trinajstić information content (AvgIpc) is 2.60. The predicted molar refractivity (Wildman–Crippen MR) is 99.0 cm³/mol. The second kappa shape index (κ2) is 11.8. The first-order chi connectivity index (χ1) is 12.5. The van der Waals surface area contributed by atoms with E-state index in [1.807, 2.05) is 12.1 Å². The van der Waals surface area contributed by atoms with Crippen LogP contribution in [0.4, 0.5) is 13.2 Å². The van der Waals surface area contributed by atoms with Gasteiger partial charge in [0.25, 0.3) is 0 Å². The van der Waals surface area contributed by atoms with Crippen LogP contribution in [-0.4, -0.2) is 49.5 Å². The van der Waals surface area contributed by atoms with Crippen LogP contribution in [0.25, 0.3) is 5.57 Å². The molecule has 5 nitrogen and oxygen atoms in total. The molecule has 0 N–H and O–H groups in total. The Kier molecular flexibility index (Phi) is 10.9. The van der Waals surface area contributed by atoms with Gasteiger partial charge in [-0.05, 0) is 31.9 Å². The molecule has 0 aliphatic heterocycles. The molecule has 0 amide bonds. The van der Waals surface area contributed by atoms with Gasteiger partial charge in [0, 0.05) is 11.6 Å². The van der Waals surface area contributed by atoms with Gasteiger partial charge in [-0.3, -0.25) is 0 Å². The van der Waals surface area contributed by atoms with Gasteiger partial charge in [-0.25, -0.2) is 13.0 Å². The van der Waals surface area contributed by atoms with Crippen molar-refractivity contribution in [1.29, 1.82) is 0 Å². The third-order valence-electron chi connectivity index (χ3n) is 3.55. The second-order valence-corrected chi connectivity index (χ2v) is 6.78. The molecule has 0 heterocycles. The van der Waals surface area contributed by atoms with Crippen molar-refractivity contribution in [2.24, 2.45) is 0 Å². The van der Waals surface area contributed by atoms with E-state index in [1.165, 1.54) is 11.1 Å². The van der Waals surface area contributed by atoms with Gasteiger partial charge >= 0.3 is 5.51 Å². The standard InChI is InChI=1S/C17H26NO.CHF3O3S/c1-5-10-15(13-14-18(6-2)7-3)16-11-8-9-12-17(16)19-4;2-1(3,4)8(5,6)7/h8-9,11-14H,5-7,10H2,1-4H3;(H,5,6,7)/q+1;/p-1/b15-13+;. The molecule has 1 aromatic carbocycles. The molecule has 154 valence electrons. The topological polar surface area (TPSA) is 69.4 Å². The molecule has 0 unspecified atom stereocenters. The smallest absolute Gasteiger partial charge is 0.485 e. The lowest BCUT2D eigenvalue weighted by Crippen LogP contribution is -2.21. The van der Waals surface area contributed by atoms with E-state index < -0.39 is 15.6 Å². The number of benzene rings is 1. The van der Waals surface area contributed by atoms with Crippen molar-refractivity contribution in [3.63, 3.8) is 0 Å². The SMILES string of the molecule is CCC/C(=C\C=[N+](CC)CC)c1ccccc1OC.O=S(=O)([O-])C(F)(F)F. The van der Waals surface area contributed by atoms with Gasteiger partial charge < -0.3 is 9.29 Å². The van der Waals surface area contributed by atoms with Crippen molar-refractivity contribution in [3.05, 3.63) is 35.9 Å². The Balaban J connectivity index is 0.000000713. The molecule has 0 aliphatic carbocycles. The molecule has 0 radical (unpaired) electrons. The highest BCUT2D eigenvalue weighted by Gasteiger charge is 2.36. The normalized spacial score (nSPS) is 12.1. The van der Waals surface area contributed by atoms with E-state index >= 15 is 0 Å². The van der Waals surface area contributed by atoms with E-state index in [9.17, 15) is 13.2 Å². The zero-order valence-corrected chi connectivity index (χ0v) is 16.7. The molecule has 0 aromatic heterocycles. The summed E-state index contributed by atoms with van der Waals surface area (Å²) in [5.74, 6) is 0.954. The highest BCUT2D eigenvalue weighted by Crippen LogP contribution is 2.28. The van der Waals surface area contributed by atoms with Crippen molar-refractivity contribution < 1.29 is 35.5 Å². The fraction of sp³-hybridized carbons (Fsp3) is 0.500.